The van der Waals surface area contributed by atoms with Crippen LogP contribution in [-0.4, -0.2) is 0 Å². The van der Waals surface area contributed by atoms with Gasteiger partial charge in [-0.05, 0) is 44.4 Å². The van der Waals surface area contributed by atoms with Gasteiger partial charge in [0, 0.05) is 0 Å². The molecule has 0 heterocycles. The molecule has 0 saturated heterocycles. The maximum absolute atomic E-state index is 2.27. The van der Waals surface area contributed by atoms with Crippen LogP contribution in [0.5, 0.6) is 0 Å². The Morgan fingerprint density at radius 3 is 1.00 bits per heavy atom. The number of hydrogen-bond acceptors (Lipinski definition) is 0. The molecule has 148 valence electrons. The third-order valence-electron chi connectivity index (χ3n) is 5.48. The molecule has 0 radical (unpaired) electrons. The van der Waals surface area contributed by atoms with E-state index in [2.05, 4.69) is 136 Å². The van der Waals surface area contributed by atoms with E-state index in [1.54, 1.807) is 0 Å². The van der Waals surface area contributed by atoms with Crippen molar-refractivity contribution in [3.05, 3.63) is 143 Å². The van der Waals surface area contributed by atoms with Crippen LogP contribution in [0.2, 0.25) is 0 Å². The lowest BCUT2D eigenvalue weighted by Gasteiger charge is -2.21. The van der Waals surface area contributed by atoms with Crippen molar-refractivity contribution in [2.45, 2.75) is 26.2 Å². The molecule has 0 N–H and O–H groups in total. The number of hydrogen-bond donors (Lipinski definition) is 0. The molecule has 0 aliphatic heterocycles. The molecule has 30 heavy (non-hydrogen) atoms. The summed E-state index contributed by atoms with van der Waals surface area (Å²) in [6, 6.07) is 41.2. The molecule has 0 amide bonds. The molecule has 0 aromatic heterocycles. The normalized spacial score (nSPS) is 11.2. The third-order valence-corrected chi connectivity index (χ3v) is 5.48. The van der Waals surface area contributed by atoms with Crippen molar-refractivity contribution in [2.24, 2.45) is 0 Å². The quantitative estimate of drug-likeness (QED) is 0.311. The molecule has 4 aromatic carbocycles. The van der Waals surface area contributed by atoms with Crippen LogP contribution in [0.25, 0.3) is 11.1 Å². The summed E-state index contributed by atoms with van der Waals surface area (Å²) in [5.41, 5.74) is 8.90. The van der Waals surface area contributed by atoms with Crippen LogP contribution in [0.4, 0.5) is 0 Å². The minimum Gasteiger partial charge on any atom is -0.0622 e. The zero-order chi connectivity index (χ0) is 21.0. The van der Waals surface area contributed by atoms with Crippen LogP contribution in [-0.2, 0) is 5.41 Å². The Labute approximate surface area is 180 Å². The fourth-order valence-corrected chi connectivity index (χ4v) is 3.86. The molecule has 0 bridgehead atoms. The van der Waals surface area contributed by atoms with Gasteiger partial charge >= 0.3 is 0 Å². The predicted octanol–water partition coefficient (Wildman–Crippen LogP) is 7.99. The zero-order valence-corrected chi connectivity index (χ0v) is 18.0. The molecule has 0 unspecified atom stereocenters. The van der Waals surface area contributed by atoms with E-state index in [4.69, 9.17) is 0 Å². The Bertz CT molecular complexity index is 1070. The van der Waals surface area contributed by atoms with E-state index >= 15 is 0 Å². The van der Waals surface area contributed by atoms with Gasteiger partial charge in [-0.25, -0.2) is 0 Å². The molecule has 0 atom stereocenters. The van der Waals surface area contributed by atoms with Gasteiger partial charge in [-0.3, -0.25) is 0 Å². The second-order valence-electron chi connectivity index (χ2n) is 8.68. The van der Waals surface area contributed by atoms with E-state index in [0.29, 0.717) is 0 Å². The van der Waals surface area contributed by atoms with E-state index in [1.807, 2.05) is 0 Å². The number of benzene rings is 4. The number of rotatable bonds is 4. The molecule has 0 aliphatic carbocycles. The average molecular weight is 389 g/mol. The Kier molecular flexibility index (Phi) is 5.68. The van der Waals surface area contributed by atoms with Crippen molar-refractivity contribution in [1.82, 2.24) is 0 Å². The zero-order valence-electron chi connectivity index (χ0n) is 18.0. The second kappa shape index (κ2) is 8.55. The summed E-state index contributed by atoms with van der Waals surface area (Å²) in [5, 5.41) is 0. The average Bonchev–Trinajstić information content (AvgIpc) is 2.79. The molecule has 0 saturated carbocycles. The van der Waals surface area contributed by atoms with Crippen LogP contribution in [0, 0.1) is 0 Å². The maximum atomic E-state index is 2.27. The molecule has 4 aromatic rings. The summed E-state index contributed by atoms with van der Waals surface area (Å²) < 4.78 is 0. The fraction of sp³-hybridized carbons (Fsp3) is 0.133. The van der Waals surface area contributed by atoms with E-state index in [9.17, 15) is 0 Å². The van der Waals surface area contributed by atoms with Crippen LogP contribution < -0.4 is 0 Å². The van der Waals surface area contributed by atoms with Gasteiger partial charge in [0.05, 0.1) is 0 Å². The van der Waals surface area contributed by atoms with Gasteiger partial charge in [-0.1, -0.05) is 136 Å². The van der Waals surface area contributed by atoms with Crippen molar-refractivity contribution in [3.8, 4) is 0 Å². The largest absolute Gasteiger partial charge is 0.0622 e. The lowest BCUT2D eigenvalue weighted by molar-refractivity contribution is 0.590. The van der Waals surface area contributed by atoms with E-state index in [0.717, 1.165) is 0 Å². The first-order chi connectivity index (χ1) is 14.5. The Morgan fingerprint density at radius 1 is 0.400 bits per heavy atom. The van der Waals surface area contributed by atoms with Gasteiger partial charge in [-0.15, -0.1) is 0 Å². The second-order valence-corrected chi connectivity index (χ2v) is 8.68. The Morgan fingerprint density at radius 2 is 0.700 bits per heavy atom. The van der Waals surface area contributed by atoms with Crippen LogP contribution in [0.15, 0.2) is 115 Å². The standard InChI is InChI=1S/C30H28/c1-30(2,3)27-21-19-26(20-22-27)29(25-17-11-6-12-18-25)28(23-13-7-4-8-14-23)24-15-9-5-10-16-24/h4-22H,1-3H3. The lowest BCUT2D eigenvalue weighted by Crippen LogP contribution is -2.10. The Balaban J connectivity index is 2.03. The Hall–Kier alpha value is -3.38. The van der Waals surface area contributed by atoms with Gasteiger partial charge in [0.15, 0.2) is 0 Å². The lowest BCUT2D eigenvalue weighted by atomic mass is 9.83. The van der Waals surface area contributed by atoms with E-state index < -0.39 is 0 Å². The molecular weight excluding hydrogens is 360 g/mol. The van der Waals surface area contributed by atoms with Crippen molar-refractivity contribution in [1.29, 1.82) is 0 Å². The molecular formula is C30H28. The smallest absolute Gasteiger partial charge is 0.00268 e. The SMILES string of the molecule is CC(C)(C)c1ccc(C(=C(c2ccccc2)c2ccccc2)c2ccccc2)cc1. The molecule has 0 fully saturated rings. The van der Waals surface area contributed by atoms with Gasteiger partial charge < -0.3 is 0 Å². The first-order valence-corrected chi connectivity index (χ1v) is 10.6. The third kappa shape index (κ3) is 4.28. The monoisotopic (exact) mass is 388 g/mol. The van der Waals surface area contributed by atoms with Crippen LogP contribution in [0.1, 0.15) is 48.6 Å². The van der Waals surface area contributed by atoms with E-state index in [-0.39, 0.29) is 5.41 Å². The minimum atomic E-state index is 0.136. The van der Waals surface area contributed by atoms with Crippen LogP contribution in [0.3, 0.4) is 0 Å². The first kappa shape index (κ1) is 19.9. The highest BCUT2D eigenvalue weighted by Crippen LogP contribution is 2.37. The predicted molar refractivity (Wildman–Crippen MR) is 129 cm³/mol. The summed E-state index contributed by atoms with van der Waals surface area (Å²) in [4.78, 5) is 0. The maximum Gasteiger partial charge on any atom is -0.00268 e. The summed E-state index contributed by atoms with van der Waals surface area (Å²) in [6.07, 6.45) is 0. The molecule has 4 rings (SSSR count). The van der Waals surface area contributed by atoms with Crippen molar-refractivity contribution in [3.63, 3.8) is 0 Å². The van der Waals surface area contributed by atoms with Gasteiger partial charge in [0.25, 0.3) is 0 Å². The molecule has 0 nitrogen and oxygen atoms in total. The molecule has 0 spiro atoms. The fourth-order valence-electron chi connectivity index (χ4n) is 3.86. The highest BCUT2D eigenvalue weighted by atomic mass is 14.2. The summed E-state index contributed by atoms with van der Waals surface area (Å²) >= 11 is 0. The summed E-state index contributed by atoms with van der Waals surface area (Å²) in [6.45, 7) is 6.78. The molecule has 0 aliphatic rings. The van der Waals surface area contributed by atoms with Gasteiger partial charge in [0.1, 0.15) is 0 Å². The topological polar surface area (TPSA) is 0 Å². The minimum absolute atomic E-state index is 0.136. The van der Waals surface area contributed by atoms with E-state index in [1.165, 1.54) is 39.0 Å². The van der Waals surface area contributed by atoms with Gasteiger partial charge in [-0.2, -0.15) is 0 Å². The first-order valence-electron chi connectivity index (χ1n) is 10.6. The van der Waals surface area contributed by atoms with Crippen LogP contribution >= 0.6 is 0 Å². The van der Waals surface area contributed by atoms with Crippen molar-refractivity contribution in [2.75, 3.05) is 0 Å². The highest BCUT2D eigenvalue weighted by Gasteiger charge is 2.18. The van der Waals surface area contributed by atoms with Gasteiger partial charge in [0.2, 0.25) is 0 Å². The summed E-state index contributed by atoms with van der Waals surface area (Å²) in [7, 11) is 0. The van der Waals surface area contributed by atoms with Crippen molar-refractivity contribution >= 4 is 11.1 Å². The van der Waals surface area contributed by atoms with Crippen molar-refractivity contribution < 1.29 is 0 Å². The summed E-state index contributed by atoms with van der Waals surface area (Å²) in [5.74, 6) is 0. The molecule has 0 heteroatoms. The highest BCUT2D eigenvalue weighted by molar-refractivity contribution is 6.04.